The molecule has 1 aliphatic heterocycles. The van der Waals surface area contributed by atoms with Gasteiger partial charge in [-0.05, 0) is 30.2 Å². The second kappa shape index (κ2) is 4.96. The molecule has 0 unspecified atom stereocenters. The fraction of sp³-hybridized carbons (Fsp3) is 0.400. The summed E-state index contributed by atoms with van der Waals surface area (Å²) >= 11 is 0. The quantitative estimate of drug-likeness (QED) is 0.916. The summed E-state index contributed by atoms with van der Waals surface area (Å²) < 4.78 is 7.55. The molecule has 1 aromatic carbocycles. The van der Waals surface area contributed by atoms with Crippen LogP contribution in [0.15, 0.2) is 24.5 Å². The third kappa shape index (κ3) is 2.18. The average Bonchev–Trinajstić information content (AvgIpc) is 3.02. The Morgan fingerprint density at radius 2 is 2.32 bits per heavy atom. The smallest absolute Gasteiger partial charge is 0.131 e. The second-order valence-corrected chi connectivity index (χ2v) is 4.95. The standard InChI is InChI=1S/C15H19N3O/c1-2-3-7-18-10-17-14(15(18)16)12-4-5-13-11(9-12)6-8-19-13/h4-5,9-10H,2-3,6-8,16H2,1H3. The molecular weight excluding hydrogens is 238 g/mol. The molecule has 1 aliphatic rings. The number of benzene rings is 1. The van der Waals surface area contributed by atoms with Crippen LogP contribution in [0.25, 0.3) is 11.3 Å². The molecule has 0 saturated carbocycles. The largest absolute Gasteiger partial charge is 0.493 e. The highest BCUT2D eigenvalue weighted by atomic mass is 16.5. The molecule has 0 saturated heterocycles. The van der Waals surface area contributed by atoms with Gasteiger partial charge in [-0.1, -0.05) is 13.3 Å². The van der Waals surface area contributed by atoms with Crippen molar-refractivity contribution >= 4 is 5.82 Å². The predicted molar refractivity (Wildman–Crippen MR) is 76.2 cm³/mol. The zero-order valence-corrected chi connectivity index (χ0v) is 11.2. The normalized spacial score (nSPS) is 13.3. The molecule has 0 aliphatic carbocycles. The number of nitrogens with two attached hydrogens (primary N) is 1. The number of aryl methyl sites for hydroxylation is 1. The molecule has 2 N–H and O–H groups in total. The molecule has 2 aromatic rings. The van der Waals surface area contributed by atoms with Crippen molar-refractivity contribution in [1.82, 2.24) is 9.55 Å². The van der Waals surface area contributed by atoms with Crippen molar-refractivity contribution in [2.24, 2.45) is 0 Å². The summed E-state index contributed by atoms with van der Waals surface area (Å²) in [7, 11) is 0. The van der Waals surface area contributed by atoms with Gasteiger partial charge in [0, 0.05) is 18.5 Å². The summed E-state index contributed by atoms with van der Waals surface area (Å²) in [6.07, 6.45) is 5.09. The highest BCUT2D eigenvalue weighted by Crippen LogP contribution is 2.32. The van der Waals surface area contributed by atoms with Crippen molar-refractivity contribution in [2.45, 2.75) is 32.7 Å². The first-order valence-corrected chi connectivity index (χ1v) is 6.86. The first kappa shape index (κ1) is 12.1. The number of nitrogens with zero attached hydrogens (tertiary/aromatic N) is 2. The molecule has 0 fully saturated rings. The van der Waals surface area contributed by atoms with E-state index in [9.17, 15) is 0 Å². The maximum atomic E-state index is 6.19. The lowest BCUT2D eigenvalue weighted by atomic mass is 10.1. The molecule has 3 rings (SSSR count). The van der Waals surface area contributed by atoms with Crippen LogP contribution in [0.1, 0.15) is 25.3 Å². The van der Waals surface area contributed by atoms with Crippen LogP contribution < -0.4 is 10.5 Å². The fourth-order valence-electron chi connectivity index (χ4n) is 2.45. The van der Waals surface area contributed by atoms with Crippen LogP contribution >= 0.6 is 0 Å². The molecule has 1 aromatic heterocycles. The van der Waals surface area contributed by atoms with E-state index >= 15 is 0 Å². The van der Waals surface area contributed by atoms with E-state index in [1.165, 1.54) is 5.56 Å². The summed E-state index contributed by atoms with van der Waals surface area (Å²) in [6.45, 7) is 3.89. The highest BCUT2D eigenvalue weighted by molar-refractivity contribution is 5.72. The number of anilines is 1. The predicted octanol–water partition coefficient (Wildman–Crippen LogP) is 2.87. The van der Waals surface area contributed by atoms with E-state index in [1.54, 1.807) is 0 Å². The number of rotatable bonds is 4. The monoisotopic (exact) mass is 257 g/mol. The molecule has 4 heteroatoms. The topological polar surface area (TPSA) is 53.1 Å². The Morgan fingerprint density at radius 3 is 3.16 bits per heavy atom. The molecule has 0 bridgehead atoms. The lowest BCUT2D eigenvalue weighted by molar-refractivity contribution is 0.357. The van der Waals surface area contributed by atoms with E-state index in [0.29, 0.717) is 0 Å². The van der Waals surface area contributed by atoms with Gasteiger partial charge >= 0.3 is 0 Å². The SMILES string of the molecule is CCCCn1cnc(-c2ccc3c(c2)CCO3)c1N. The number of hydrogen-bond acceptors (Lipinski definition) is 3. The van der Waals surface area contributed by atoms with Crippen LogP contribution in [-0.4, -0.2) is 16.2 Å². The van der Waals surface area contributed by atoms with Crippen molar-refractivity contribution < 1.29 is 4.74 Å². The van der Waals surface area contributed by atoms with Gasteiger partial charge < -0.3 is 15.0 Å². The van der Waals surface area contributed by atoms with Crippen LogP contribution in [0.4, 0.5) is 5.82 Å². The van der Waals surface area contributed by atoms with Gasteiger partial charge in [0.2, 0.25) is 0 Å². The van der Waals surface area contributed by atoms with E-state index < -0.39 is 0 Å². The Balaban J connectivity index is 1.92. The minimum Gasteiger partial charge on any atom is -0.493 e. The molecule has 0 amide bonds. The summed E-state index contributed by atoms with van der Waals surface area (Å²) in [6, 6.07) is 6.19. The number of nitrogen functional groups attached to an aromatic ring is 1. The van der Waals surface area contributed by atoms with Crippen LogP contribution in [-0.2, 0) is 13.0 Å². The van der Waals surface area contributed by atoms with Gasteiger partial charge in [-0.2, -0.15) is 0 Å². The Hall–Kier alpha value is -1.97. The zero-order chi connectivity index (χ0) is 13.2. The van der Waals surface area contributed by atoms with Gasteiger partial charge in [0.15, 0.2) is 0 Å². The van der Waals surface area contributed by atoms with E-state index in [4.69, 9.17) is 10.5 Å². The molecule has 19 heavy (non-hydrogen) atoms. The van der Waals surface area contributed by atoms with Crippen molar-refractivity contribution in [1.29, 1.82) is 0 Å². The van der Waals surface area contributed by atoms with Crippen LogP contribution in [0.5, 0.6) is 5.75 Å². The Labute approximate surface area is 113 Å². The molecule has 100 valence electrons. The van der Waals surface area contributed by atoms with Crippen molar-refractivity contribution in [3.05, 3.63) is 30.1 Å². The van der Waals surface area contributed by atoms with E-state index in [-0.39, 0.29) is 0 Å². The van der Waals surface area contributed by atoms with Crippen molar-refractivity contribution in [2.75, 3.05) is 12.3 Å². The summed E-state index contributed by atoms with van der Waals surface area (Å²) in [5, 5.41) is 0. The fourth-order valence-corrected chi connectivity index (χ4v) is 2.45. The Bertz CT molecular complexity index is 589. The lowest BCUT2D eigenvalue weighted by Gasteiger charge is -2.06. The number of ether oxygens (including phenoxy) is 1. The van der Waals surface area contributed by atoms with E-state index in [1.807, 2.05) is 23.0 Å². The van der Waals surface area contributed by atoms with Gasteiger partial charge in [0.05, 0.1) is 12.9 Å². The molecule has 0 radical (unpaired) electrons. The highest BCUT2D eigenvalue weighted by Gasteiger charge is 2.15. The molecular formula is C15H19N3O. The maximum Gasteiger partial charge on any atom is 0.131 e. The number of imidazole rings is 1. The third-order valence-corrected chi connectivity index (χ3v) is 3.59. The van der Waals surface area contributed by atoms with Crippen LogP contribution in [0, 0.1) is 0 Å². The van der Waals surface area contributed by atoms with Crippen LogP contribution in [0.3, 0.4) is 0 Å². The Morgan fingerprint density at radius 1 is 1.42 bits per heavy atom. The maximum absolute atomic E-state index is 6.19. The second-order valence-electron chi connectivity index (χ2n) is 4.95. The average molecular weight is 257 g/mol. The number of aromatic nitrogens is 2. The number of unbranched alkanes of at least 4 members (excludes halogenated alkanes) is 1. The van der Waals surface area contributed by atoms with Gasteiger partial charge in [0.25, 0.3) is 0 Å². The summed E-state index contributed by atoms with van der Waals surface area (Å²) in [5.41, 5.74) is 9.40. The number of fused-ring (bicyclic) bond motifs is 1. The molecule has 4 nitrogen and oxygen atoms in total. The Kier molecular flexibility index (Phi) is 3.15. The van der Waals surface area contributed by atoms with Crippen LogP contribution in [0.2, 0.25) is 0 Å². The first-order chi connectivity index (χ1) is 9.29. The van der Waals surface area contributed by atoms with Crippen molar-refractivity contribution in [3.8, 4) is 17.0 Å². The summed E-state index contributed by atoms with van der Waals surface area (Å²) in [5.74, 6) is 1.75. The summed E-state index contributed by atoms with van der Waals surface area (Å²) in [4.78, 5) is 4.46. The number of hydrogen-bond donors (Lipinski definition) is 1. The van der Waals surface area contributed by atoms with Gasteiger partial charge in [-0.3, -0.25) is 0 Å². The molecule has 2 heterocycles. The van der Waals surface area contributed by atoms with Gasteiger partial charge in [0.1, 0.15) is 17.3 Å². The van der Waals surface area contributed by atoms with E-state index in [2.05, 4.69) is 18.0 Å². The molecule has 0 spiro atoms. The molecule has 0 atom stereocenters. The third-order valence-electron chi connectivity index (χ3n) is 3.59. The van der Waals surface area contributed by atoms with E-state index in [0.717, 1.165) is 55.2 Å². The lowest BCUT2D eigenvalue weighted by Crippen LogP contribution is -2.02. The first-order valence-electron chi connectivity index (χ1n) is 6.86. The minimum atomic E-state index is 0.757. The van der Waals surface area contributed by atoms with Gasteiger partial charge in [-0.15, -0.1) is 0 Å². The van der Waals surface area contributed by atoms with Crippen molar-refractivity contribution in [3.63, 3.8) is 0 Å². The minimum absolute atomic E-state index is 0.757. The zero-order valence-electron chi connectivity index (χ0n) is 11.2. The van der Waals surface area contributed by atoms with Gasteiger partial charge in [-0.25, -0.2) is 4.98 Å².